The molecule has 0 bridgehead atoms. The van der Waals surface area contributed by atoms with Gasteiger partial charge in [0.25, 0.3) is 5.79 Å². The first-order chi connectivity index (χ1) is 6.15. The van der Waals surface area contributed by atoms with Gasteiger partial charge in [0.2, 0.25) is 6.29 Å². The second-order valence-corrected chi connectivity index (χ2v) is 4.48. The van der Waals surface area contributed by atoms with Gasteiger partial charge in [0.05, 0.1) is 0 Å². The fourth-order valence-electron chi connectivity index (χ4n) is 1.79. The molecule has 0 radical (unpaired) electrons. The minimum absolute atomic E-state index is 0.176. The molecule has 2 fully saturated rings. The Labute approximate surface area is 79.0 Å². The highest BCUT2D eigenvalue weighted by atomic mass is 16.9. The highest BCUT2D eigenvalue weighted by Crippen LogP contribution is 2.55. The molecule has 13 heavy (non-hydrogen) atoms. The molecule has 1 spiro atoms. The lowest BCUT2D eigenvalue weighted by Crippen LogP contribution is -1.99. The zero-order valence-corrected chi connectivity index (χ0v) is 8.32. The SMILES string of the molecule is CC(C)CCCC[C@H]1O[C@]12OC2O. The van der Waals surface area contributed by atoms with Gasteiger partial charge in [0, 0.05) is 0 Å². The summed E-state index contributed by atoms with van der Waals surface area (Å²) in [6.07, 6.45) is 4.29. The molecule has 3 nitrogen and oxygen atoms in total. The maximum Gasteiger partial charge on any atom is 0.250 e. The second-order valence-electron chi connectivity index (χ2n) is 4.48. The first-order valence-corrected chi connectivity index (χ1v) is 5.19. The van der Waals surface area contributed by atoms with Crippen molar-refractivity contribution in [2.75, 3.05) is 0 Å². The number of rotatable bonds is 5. The van der Waals surface area contributed by atoms with Crippen molar-refractivity contribution < 1.29 is 14.6 Å². The predicted octanol–water partition coefficient (Wildman–Crippen LogP) is 1.65. The van der Waals surface area contributed by atoms with E-state index in [2.05, 4.69) is 13.8 Å². The Balaban J connectivity index is 1.51. The van der Waals surface area contributed by atoms with E-state index >= 15 is 0 Å². The van der Waals surface area contributed by atoms with Crippen LogP contribution in [0.25, 0.3) is 0 Å². The molecular formula is C10H18O3. The fourth-order valence-corrected chi connectivity index (χ4v) is 1.79. The van der Waals surface area contributed by atoms with Crippen molar-refractivity contribution in [3.05, 3.63) is 0 Å². The van der Waals surface area contributed by atoms with Gasteiger partial charge in [-0.15, -0.1) is 0 Å². The third-order valence-corrected chi connectivity index (χ3v) is 2.80. The van der Waals surface area contributed by atoms with Crippen LogP contribution in [-0.2, 0) is 9.47 Å². The Bertz CT molecular complexity index is 193. The molecule has 3 heteroatoms. The highest BCUT2D eigenvalue weighted by molar-refractivity contribution is 5.07. The van der Waals surface area contributed by atoms with Gasteiger partial charge in [-0.2, -0.15) is 0 Å². The van der Waals surface area contributed by atoms with Crippen LogP contribution in [0.15, 0.2) is 0 Å². The Morgan fingerprint density at radius 3 is 2.46 bits per heavy atom. The van der Waals surface area contributed by atoms with Crippen molar-refractivity contribution in [1.82, 2.24) is 0 Å². The molecular weight excluding hydrogens is 168 g/mol. The predicted molar refractivity (Wildman–Crippen MR) is 48.0 cm³/mol. The van der Waals surface area contributed by atoms with Crippen LogP contribution in [0.4, 0.5) is 0 Å². The lowest BCUT2D eigenvalue weighted by atomic mass is 10.0. The molecule has 3 atom stereocenters. The third-order valence-electron chi connectivity index (χ3n) is 2.80. The molecule has 0 saturated carbocycles. The Morgan fingerprint density at radius 2 is 2.00 bits per heavy atom. The summed E-state index contributed by atoms with van der Waals surface area (Å²) >= 11 is 0. The monoisotopic (exact) mass is 186 g/mol. The summed E-state index contributed by atoms with van der Waals surface area (Å²) in [5.41, 5.74) is 0. The topological polar surface area (TPSA) is 45.3 Å². The number of ether oxygens (including phenoxy) is 2. The van der Waals surface area contributed by atoms with Crippen molar-refractivity contribution in [2.24, 2.45) is 5.92 Å². The summed E-state index contributed by atoms with van der Waals surface area (Å²) in [5.74, 6) is 0.259. The molecule has 1 N–H and O–H groups in total. The highest BCUT2D eigenvalue weighted by Gasteiger charge is 2.76. The summed E-state index contributed by atoms with van der Waals surface area (Å²) in [7, 11) is 0. The van der Waals surface area contributed by atoms with Crippen LogP contribution in [0.3, 0.4) is 0 Å². The van der Waals surface area contributed by atoms with E-state index in [1.807, 2.05) is 0 Å². The van der Waals surface area contributed by atoms with E-state index in [4.69, 9.17) is 14.6 Å². The molecule has 0 amide bonds. The lowest BCUT2D eigenvalue weighted by Gasteiger charge is -2.01. The smallest absolute Gasteiger partial charge is 0.250 e. The van der Waals surface area contributed by atoms with Crippen molar-refractivity contribution in [1.29, 1.82) is 0 Å². The maximum atomic E-state index is 9.02. The Kier molecular flexibility index (Phi) is 2.34. The zero-order chi connectivity index (χ0) is 9.47. The van der Waals surface area contributed by atoms with Gasteiger partial charge >= 0.3 is 0 Å². The molecule has 2 heterocycles. The van der Waals surface area contributed by atoms with Gasteiger partial charge in [-0.1, -0.05) is 33.1 Å². The normalized spacial score (nSPS) is 41.5. The molecule has 0 aliphatic carbocycles. The number of hydrogen-bond acceptors (Lipinski definition) is 3. The average molecular weight is 186 g/mol. The van der Waals surface area contributed by atoms with E-state index in [9.17, 15) is 0 Å². The van der Waals surface area contributed by atoms with Gasteiger partial charge in [0.15, 0.2) is 0 Å². The molecule has 0 aromatic heterocycles. The molecule has 0 aromatic carbocycles. The van der Waals surface area contributed by atoms with Crippen LogP contribution < -0.4 is 0 Å². The van der Waals surface area contributed by atoms with Gasteiger partial charge in [-0.05, 0) is 12.3 Å². The maximum absolute atomic E-state index is 9.02. The van der Waals surface area contributed by atoms with Crippen molar-refractivity contribution >= 4 is 0 Å². The molecule has 76 valence electrons. The molecule has 2 saturated heterocycles. The van der Waals surface area contributed by atoms with Gasteiger partial charge in [0.1, 0.15) is 6.10 Å². The minimum Gasteiger partial charge on any atom is -0.364 e. The quantitative estimate of drug-likeness (QED) is 0.524. The minimum atomic E-state index is -0.636. The van der Waals surface area contributed by atoms with E-state index in [0.717, 1.165) is 12.3 Å². The van der Waals surface area contributed by atoms with Crippen LogP contribution >= 0.6 is 0 Å². The third kappa shape index (κ3) is 1.87. The number of epoxide rings is 2. The second kappa shape index (κ2) is 3.23. The van der Waals surface area contributed by atoms with Crippen LogP contribution in [0.2, 0.25) is 0 Å². The van der Waals surface area contributed by atoms with Crippen LogP contribution in [-0.4, -0.2) is 23.3 Å². The molecule has 2 aliphatic heterocycles. The largest absolute Gasteiger partial charge is 0.364 e. The van der Waals surface area contributed by atoms with Crippen LogP contribution in [0, 0.1) is 5.92 Å². The van der Waals surface area contributed by atoms with E-state index < -0.39 is 12.1 Å². The standard InChI is InChI=1S/C10H18O3/c1-7(2)5-3-4-6-8-10(12-8)9(11)13-10/h7-9,11H,3-6H2,1-2H3/t8-,9?,10+/m1/s1. The fraction of sp³-hybridized carbons (Fsp3) is 1.00. The first kappa shape index (κ1) is 9.44. The number of aliphatic hydroxyl groups is 1. The summed E-state index contributed by atoms with van der Waals surface area (Å²) in [6, 6.07) is 0. The summed E-state index contributed by atoms with van der Waals surface area (Å²) in [5, 5.41) is 9.02. The average Bonchev–Trinajstić information content (AvgIpc) is 2.88. The molecule has 2 rings (SSSR count). The Hall–Kier alpha value is -0.120. The van der Waals surface area contributed by atoms with Crippen molar-refractivity contribution in [2.45, 2.75) is 57.7 Å². The number of hydrogen-bond donors (Lipinski definition) is 1. The zero-order valence-electron chi connectivity index (χ0n) is 8.32. The Morgan fingerprint density at radius 1 is 1.31 bits per heavy atom. The molecule has 0 aromatic rings. The van der Waals surface area contributed by atoms with Gasteiger partial charge in [-0.25, -0.2) is 0 Å². The van der Waals surface area contributed by atoms with E-state index in [0.29, 0.717) is 0 Å². The van der Waals surface area contributed by atoms with E-state index in [1.54, 1.807) is 0 Å². The van der Waals surface area contributed by atoms with Crippen LogP contribution in [0.1, 0.15) is 39.5 Å². The molecule has 2 aliphatic rings. The summed E-state index contributed by atoms with van der Waals surface area (Å²) in [4.78, 5) is 0. The van der Waals surface area contributed by atoms with Gasteiger partial charge in [-0.3, -0.25) is 0 Å². The number of aliphatic hydroxyl groups excluding tert-OH is 1. The summed E-state index contributed by atoms with van der Waals surface area (Å²) in [6.45, 7) is 4.48. The van der Waals surface area contributed by atoms with Crippen molar-refractivity contribution in [3.63, 3.8) is 0 Å². The summed E-state index contributed by atoms with van der Waals surface area (Å²) < 4.78 is 10.2. The van der Waals surface area contributed by atoms with Crippen LogP contribution in [0.5, 0.6) is 0 Å². The first-order valence-electron chi connectivity index (χ1n) is 5.19. The van der Waals surface area contributed by atoms with Crippen molar-refractivity contribution in [3.8, 4) is 0 Å². The van der Waals surface area contributed by atoms with Gasteiger partial charge < -0.3 is 14.6 Å². The van der Waals surface area contributed by atoms with E-state index in [-0.39, 0.29) is 6.10 Å². The number of unbranched alkanes of at least 4 members (excludes halogenated alkanes) is 1. The van der Waals surface area contributed by atoms with E-state index in [1.165, 1.54) is 19.3 Å². The lowest BCUT2D eigenvalue weighted by molar-refractivity contribution is 0.154. The molecule has 1 unspecified atom stereocenters.